The molecule has 0 amide bonds. The fourth-order valence-corrected chi connectivity index (χ4v) is 5.59. The van der Waals surface area contributed by atoms with E-state index in [-0.39, 0.29) is 5.39 Å². The van der Waals surface area contributed by atoms with E-state index in [0.29, 0.717) is 51.4 Å². The Labute approximate surface area is 168 Å². The molecule has 3 atom stereocenters. The molecule has 0 spiro atoms. The largest absolute Gasteiger partial charge is 0.495 e. The Bertz CT molecular complexity index is 1160. The number of hydrogen-bond acceptors (Lipinski definition) is 7. The second-order valence-electron chi connectivity index (χ2n) is 8.85. The van der Waals surface area contributed by atoms with Crippen LogP contribution in [-0.2, 0) is 0 Å². The van der Waals surface area contributed by atoms with Gasteiger partial charge in [0.25, 0.3) is 5.56 Å². The fraction of sp³-hybridized carbons (Fsp3) is 0.545. The van der Waals surface area contributed by atoms with E-state index in [1.807, 2.05) is 11.9 Å². The molecule has 2 bridgehead atoms. The summed E-state index contributed by atoms with van der Waals surface area (Å²) < 4.78 is 22.9. The maximum Gasteiger partial charge on any atom is 0.301 e. The summed E-state index contributed by atoms with van der Waals surface area (Å²) in [5, 5.41) is 0.921. The number of ether oxygens (including phenoxy) is 2. The lowest BCUT2D eigenvalue weighted by Crippen LogP contribution is -2.59. The predicted octanol–water partition coefficient (Wildman–Crippen LogP) is 4.21. The predicted molar refractivity (Wildman–Crippen MR) is 110 cm³/mol. The molecule has 2 aromatic heterocycles. The van der Waals surface area contributed by atoms with Crippen LogP contribution in [-0.4, -0.2) is 32.3 Å². The van der Waals surface area contributed by atoms with Crippen molar-refractivity contribution in [2.75, 3.05) is 26.2 Å². The van der Waals surface area contributed by atoms with E-state index in [2.05, 4.69) is 18.8 Å². The molecule has 6 rings (SSSR count). The number of nitrogens with zero attached hydrogens (tertiary/aromatic N) is 2. The zero-order valence-corrected chi connectivity index (χ0v) is 17.4. The minimum Gasteiger partial charge on any atom is -0.495 e. The fourth-order valence-electron chi connectivity index (χ4n) is 5.59. The monoisotopic (exact) mass is 398 g/mol. The van der Waals surface area contributed by atoms with Crippen LogP contribution in [0, 0.1) is 17.3 Å². The second-order valence-corrected chi connectivity index (χ2v) is 8.85. The maximum absolute atomic E-state index is 13.1. The molecule has 0 saturated heterocycles. The van der Waals surface area contributed by atoms with Crippen molar-refractivity contribution in [1.29, 1.82) is 0 Å². The number of benzene rings is 1. The summed E-state index contributed by atoms with van der Waals surface area (Å²) in [7, 11) is 5.01. The first-order valence-corrected chi connectivity index (χ1v) is 10.1. The second kappa shape index (κ2) is 6.15. The topological polar surface area (TPSA) is 77.9 Å². The molecule has 7 nitrogen and oxygen atoms in total. The van der Waals surface area contributed by atoms with E-state index >= 15 is 0 Å². The number of furan rings is 1. The van der Waals surface area contributed by atoms with Gasteiger partial charge in [0, 0.05) is 13.1 Å². The normalized spacial score (nSPS) is 25.1. The number of aromatic nitrogens is 1. The van der Waals surface area contributed by atoms with Gasteiger partial charge in [-0.1, -0.05) is 13.8 Å². The van der Waals surface area contributed by atoms with Gasteiger partial charge >= 0.3 is 6.01 Å². The Morgan fingerprint density at radius 3 is 2.59 bits per heavy atom. The van der Waals surface area contributed by atoms with E-state index < -0.39 is 5.56 Å². The molecule has 3 aliphatic carbocycles. The van der Waals surface area contributed by atoms with Gasteiger partial charge in [0.1, 0.15) is 11.1 Å². The first-order valence-electron chi connectivity index (χ1n) is 10.1. The quantitative estimate of drug-likeness (QED) is 0.651. The summed E-state index contributed by atoms with van der Waals surface area (Å²) >= 11 is 0. The lowest BCUT2D eigenvalue weighted by atomic mass is 9.47. The zero-order valence-electron chi connectivity index (χ0n) is 17.4. The van der Waals surface area contributed by atoms with Crippen LogP contribution in [0.1, 0.15) is 33.1 Å². The third-order valence-corrected chi connectivity index (χ3v) is 7.41. The molecule has 3 aromatic rings. The lowest BCUT2D eigenvalue weighted by molar-refractivity contribution is -0.0793. The van der Waals surface area contributed by atoms with Gasteiger partial charge in [-0.2, -0.15) is 4.98 Å². The highest BCUT2D eigenvalue weighted by atomic mass is 16.5. The molecular weight excluding hydrogens is 372 g/mol. The molecule has 0 aliphatic heterocycles. The van der Waals surface area contributed by atoms with Gasteiger partial charge in [0.05, 0.1) is 25.9 Å². The van der Waals surface area contributed by atoms with Crippen LogP contribution in [0.5, 0.6) is 11.5 Å². The molecule has 2 unspecified atom stereocenters. The Morgan fingerprint density at radius 2 is 1.93 bits per heavy atom. The molecular formula is C22H26N2O5. The standard InChI is InChI=1S/C22H26N2O5/c1-22(2)11-6-7-14(13(22)10-11)24(3)21-23-20(25)15-16(26-4)12-8-9-28-17(12)19(27-5)18(15)29-21/h8-9,11,13-14H,6-7,10H2,1-5H3/t11?,13?,14-/m0/s1. The number of fused-ring (bicyclic) bond motifs is 4. The third-order valence-electron chi connectivity index (χ3n) is 7.41. The third kappa shape index (κ3) is 2.36. The summed E-state index contributed by atoms with van der Waals surface area (Å²) in [4.78, 5) is 19.4. The van der Waals surface area contributed by atoms with Crippen molar-refractivity contribution >= 4 is 28.0 Å². The van der Waals surface area contributed by atoms with E-state index in [1.54, 1.807) is 6.07 Å². The van der Waals surface area contributed by atoms with E-state index in [1.165, 1.54) is 33.3 Å². The van der Waals surface area contributed by atoms with E-state index in [4.69, 9.17) is 18.3 Å². The Kier molecular flexibility index (Phi) is 3.89. The van der Waals surface area contributed by atoms with Gasteiger partial charge in [-0.05, 0) is 42.6 Å². The minimum absolute atomic E-state index is 0.267. The van der Waals surface area contributed by atoms with Crippen molar-refractivity contribution in [3.63, 3.8) is 0 Å². The molecule has 0 radical (unpaired) electrons. The number of methoxy groups -OCH3 is 2. The molecule has 1 aromatic carbocycles. The highest BCUT2D eigenvalue weighted by Gasteiger charge is 2.55. The molecule has 3 fully saturated rings. The van der Waals surface area contributed by atoms with Crippen LogP contribution in [0.15, 0.2) is 26.0 Å². The number of rotatable bonds is 4. The van der Waals surface area contributed by atoms with Crippen LogP contribution in [0.25, 0.3) is 21.9 Å². The first-order chi connectivity index (χ1) is 13.9. The van der Waals surface area contributed by atoms with Crippen molar-refractivity contribution in [2.24, 2.45) is 17.3 Å². The minimum atomic E-state index is -0.395. The smallest absolute Gasteiger partial charge is 0.301 e. The Hall–Kier alpha value is -2.70. The first kappa shape index (κ1) is 18.3. The van der Waals surface area contributed by atoms with Crippen LogP contribution < -0.4 is 19.9 Å². The van der Waals surface area contributed by atoms with Crippen molar-refractivity contribution < 1.29 is 18.3 Å². The van der Waals surface area contributed by atoms with Gasteiger partial charge in [0.15, 0.2) is 11.2 Å². The van der Waals surface area contributed by atoms with Crippen molar-refractivity contribution in [3.8, 4) is 11.5 Å². The summed E-state index contributed by atoms with van der Waals surface area (Å²) in [6.45, 7) is 4.69. The molecule has 2 heterocycles. The molecule has 3 aliphatic rings. The summed E-state index contributed by atoms with van der Waals surface area (Å²) in [6.07, 6.45) is 5.04. The molecule has 3 saturated carbocycles. The summed E-state index contributed by atoms with van der Waals surface area (Å²) in [6, 6.07) is 2.34. The number of hydrogen-bond donors (Lipinski definition) is 0. The van der Waals surface area contributed by atoms with Gasteiger partial charge in [-0.15, -0.1) is 0 Å². The summed E-state index contributed by atoms with van der Waals surface area (Å²) in [5.41, 5.74) is 0.707. The lowest BCUT2D eigenvalue weighted by Gasteiger charge is -2.61. The molecule has 0 N–H and O–H groups in total. The maximum atomic E-state index is 13.1. The van der Waals surface area contributed by atoms with Gasteiger partial charge < -0.3 is 23.2 Å². The summed E-state index contributed by atoms with van der Waals surface area (Å²) in [5.74, 6) is 2.13. The highest BCUT2D eigenvalue weighted by molar-refractivity contribution is 6.06. The Balaban J connectivity index is 1.68. The van der Waals surface area contributed by atoms with Gasteiger partial charge in [-0.3, -0.25) is 4.79 Å². The molecule has 7 heteroatoms. The van der Waals surface area contributed by atoms with E-state index in [0.717, 1.165) is 12.3 Å². The van der Waals surface area contributed by atoms with Crippen molar-refractivity contribution in [2.45, 2.75) is 39.2 Å². The Morgan fingerprint density at radius 1 is 1.17 bits per heavy atom. The zero-order chi connectivity index (χ0) is 20.5. The van der Waals surface area contributed by atoms with Crippen molar-refractivity contribution in [1.82, 2.24) is 4.98 Å². The SMILES string of the molecule is COc1c2occc2c(OC)c2c(=O)nc(N(C)[C@H]3CCC4CC3C4(C)C)oc12. The number of anilines is 1. The van der Waals surface area contributed by atoms with Crippen LogP contribution in [0.2, 0.25) is 0 Å². The van der Waals surface area contributed by atoms with Gasteiger partial charge in [-0.25, -0.2) is 0 Å². The highest BCUT2D eigenvalue weighted by Crippen LogP contribution is 2.60. The average molecular weight is 398 g/mol. The van der Waals surface area contributed by atoms with E-state index in [9.17, 15) is 4.79 Å². The average Bonchev–Trinajstić information content (AvgIpc) is 3.20. The van der Waals surface area contributed by atoms with Crippen LogP contribution in [0.3, 0.4) is 0 Å². The van der Waals surface area contributed by atoms with Crippen molar-refractivity contribution in [3.05, 3.63) is 22.7 Å². The van der Waals surface area contributed by atoms with Crippen LogP contribution in [0.4, 0.5) is 6.01 Å². The van der Waals surface area contributed by atoms with Crippen LogP contribution >= 0.6 is 0 Å². The molecule has 154 valence electrons. The molecule has 29 heavy (non-hydrogen) atoms. The van der Waals surface area contributed by atoms with Gasteiger partial charge in [0.2, 0.25) is 5.75 Å².